The van der Waals surface area contributed by atoms with Crippen molar-refractivity contribution in [2.75, 3.05) is 12.4 Å². The number of nitrogens with one attached hydrogen (secondary N) is 2. The molecule has 0 fully saturated rings. The van der Waals surface area contributed by atoms with Gasteiger partial charge in [-0.25, -0.2) is 8.78 Å². The summed E-state index contributed by atoms with van der Waals surface area (Å²) in [5.41, 5.74) is 0.835. The molecule has 0 aliphatic heterocycles. The number of ether oxygens (including phenoxy) is 1. The van der Waals surface area contributed by atoms with Crippen molar-refractivity contribution >= 4 is 22.4 Å². The van der Waals surface area contributed by atoms with Crippen LogP contribution in [0.4, 0.5) is 14.5 Å². The van der Waals surface area contributed by atoms with E-state index in [1.807, 2.05) is 6.07 Å². The normalized spacial score (nSPS) is 11.7. The number of carbonyl (C=O) groups excluding carboxylic acids is 1. The summed E-state index contributed by atoms with van der Waals surface area (Å²) >= 11 is 0. The summed E-state index contributed by atoms with van der Waals surface area (Å²) in [5.74, 6) is -1.97. The lowest BCUT2D eigenvalue weighted by molar-refractivity contribution is 0.0968. The monoisotopic (exact) mass is 417 g/mol. The highest BCUT2D eigenvalue weighted by molar-refractivity contribution is 6.11. The van der Waals surface area contributed by atoms with Crippen molar-refractivity contribution < 1.29 is 18.3 Å². The van der Waals surface area contributed by atoms with Gasteiger partial charge in [-0.05, 0) is 30.3 Å². The highest BCUT2D eigenvalue weighted by Crippen LogP contribution is 2.32. The van der Waals surface area contributed by atoms with E-state index in [9.17, 15) is 13.6 Å². The van der Waals surface area contributed by atoms with Gasteiger partial charge in [0, 0.05) is 34.4 Å². The standard InChI is InChI=1S/C24H17F2N3O2/c1-31-16-6-4-5-15(11-16)29-23(22-19(25)9-14(12-27)10-20(22)26)24(30)18-13-28-21-8-3-2-7-17(18)21/h2-11,13,23,28-29H,1H3. The van der Waals surface area contributed by atoms with E-state index in [0.29, 0.717) is 22.4 Å². The van der Waals surface area contributed by atoms with Crippen molar-refractivity contribution in [1.29, 1.82) is 5.26 Å². The summed E-state index contributed by atoms with van der Waals surface area (Å²) < 4.78 is 35.0. The van der Waals surface area contributed by atoms with Crippen LogP contribution in [0.2, 0.25) is 0 Å². The van der Waals surface area contributed by atoms with E-state index in [0.717, 1.165) is 17.6 Å². The van der Waals surface area contributed by atoms with Crippen molar-refractivity contribution in [3.8, 4) is 11.8 Å². The summed E-state index contributed by atoms with van der Waals surface area (Å²) in [7, 11) is 1.49. The average molecular weight is 417 g/mol. The third kappa shape index (κ3) is 3.83. The molecule has 0 aliphatic carbocycles. The Morgan fingerprint density at radius 2 is 1.84 bits per heavy atom. The zero-order valence-electron chi connectivity index (χ0n) is 16.4. The number of ketones is 1. The zero-order chi connectivity index (χ0) is 22.0. The number of nitriles is 1. The lowest BCUT2D eigenvalue weighted by Crippen LogP contribution is -2.24. The van der Waals surface area contributed by atoms with Gasteiger partial charge in [0.05, 0.1) is 24.3 Å². The molecule has 1 aromatic heterocycles. The highest BCUT2D eigenvalue weighted by atomic mass is 19.1. The van der Waals surface area contributed by atoms with Gasteiger partial charge in [0.15, 0.2) is 5.78 Å². The van der Waals surface area contributed by atoms with Crippen LogP contribution in [0.15, 0.2) is 66.9 Å². The number of aromatic amines is 1. The number of para-hydroxylation sites is 1. The van der Waals surface area contributed by atoms with Gasteiger partial charge in [-0.3, -0.25) is 4.79 Å². The number of nitrogens with zero attached hydrogens (tertiary/aromatic N) is 1. The first-order valence-electron chi connectivity index (χ1n) is 9.41. The maximum absolute atomic E-state index is 14.9. The molecule has 2 N–H and O–H groups in total. The lowest BCUT2D eigenvalue weighted by Gasteiger charge is -2.21. The van der Waals surface area contributed by atoms with Crippen LogP contribution < -0.4 is 10.1 Å². The van der Waals surface area contributed by atoms with E-state index in [1.54, 1.807) is 48.5 Å². The molecule has 1 heterocycles. The minimum Gasteiger partial charge on any atom is -0.497 e. The number of rotatable bonds is 6. The number of halogens is 2. The fraction of sp³-hybridized carbons (Fsp3) is 0.0833. The third-order valence-corrected chi connectivity index (χ3v) is 4.99. The van der Waals surface area contributed by atoms with E-state index in [1.165, 1.54) is 13.3 Å². The van der Waals surface area contributed by atoms with Crippen molar-refractivity contribution in [2.45, 2.75) is 6.04 Å². The number of carbonyl (C=O) groups is 1. The first kappa shape index (κ1) is 20.1. The SMILES string of the molecule is COc1cccc(NC(C(=O)c2c[nH]c3ccccc23)c2c(F)cc(C#N)cc2F)c1. The largest absolute Gasteiger partial charge is 0.497 e. The molecular formula is C24H17F2N3O2. The summed E-state index contributed by atoms with van der Waals surface area (Å²) in [6.07, 6.45) is 1.52. The van der Waals surface area contributed by atoms with Crippen LogP contribution in [0.1, 0.15) is 27.5 Å². The predicted octanol–water partition coefficient (Wildman–Crippen LogP) is 5.36. The van der Waals surface area contributed by atoms with Crippen LogP contribution in [0.5, 0.6) is 5.75 Å². The van der Waals surface area contributed by atoms with Crippen LogP contribution in [0.25, 0.3) is 10.9 Å². The number of H-pyrrole nitrogens is 1. The molecule has 0 saturated carbocycles. The van der Waals surface area contributed by atoms with E-state index in [-0.39, 0.29) is 5.56 Å². The molecule has 0 aliphatic rings. The topological polar surface area (TPSA) is 77.9 Å². The number of hydrogen-bond donors (Lipinski definition) is 2. The molecular weight excluding hydrogens is 400 g/mol. The average Bonchev–Trinajstić information content (AvgIpc) is 3.21. The van der Waals surface area contributed by atoms with Crippen molar-refractivity contribution in [2.24, 2.45) is 0 Å². The molecule has 4 aromatic rings. The van der Waals surface area contributed by atoms with Gasteiger partial charge in [-0.1, -0.05) is 24.3 Å². The van der Waals surface area contributed by atoms with Crippen molar-refractivity contribution in [1.82, 2.24) is 4.98 Å². The molecule has 7 heteroatoms. The van der Waals surface area contributed by atoms with Crippen LogP contribution in [0.3, 0.4) is 0 Å². The Morgan fingerprint density at radius 1 is 1.10 bits per heavy atom. The Hall–Kier alpha value is -4.18. The lowest BCUT2D eigenvalue weighted by atomic mass is 9.94. The van der Waals surface area contributed by atoms with Gasteiger partial charge >= 0.3 is 0 Å². The van der Waals surface area contributed by atoms with Gasteiger partial charge in [0.25, 0.3) is 0 Å². The molecule has 0 spiro atoms. The Morgan fingerprint density at radius 3 is 2.55 bits per heavy atom. The number of hydrogen-bond acceptors (Lipinski definition) is 4. The molecule has 1 unspecified atom stereocenters. The number of aromatic nitrogens is 1. The molecule has 154 valence electrons. The Balaban J connectivity index is 1.85. The Kier molecular flexibility index (Phi) is 5.37. The first-order valence-corrected chi connectivity index (χ1v) is 9.41. The van der Waals surface area contributed by atoms with Gasteiger partial charge in [-0.15, -0.1) is 0 Å². The summed E-state index contributed by atoms with van der Waals surface area (Å²) in [4.78, 5) is 16.5. The molecule has 0 amide bonds. The molecule has 5 nitrogen and oxygen atoms in total. The molecule has 1 atom stereocenters. The van der Waals surface area contributed by atoms with Crippen LogP contribution in [-0.2, 0) is 0 Å². The molecule has 31 heavy (non-hydrogen) atoms. The van der Waals surface area contributed by atoms with Gasteiger partial charge in [0.1, 0.15) is 23.4 Å². The first-order chi connectivity index (χ1) is 15.0. The third-order valence-electron chi connectivity index (χ3n) is 4.99. The predicted molar refractivity (Wildman–Crippen MR) is 113 cm³/mol. The van der Waals surface area contributed by atoms with Crippen molar-refractivity contribution in [3.63, 3.8) is 0 Å². The van der Waals surface area contributed by atoms with Gasteiger partial charge in [-0.2, -0.15) is 5.26 Å². The van der Waals surface area contributed by atoms with Crippen LogP contribution in [0, 0.1) is 23.0 Å². The second-order valence-corrected chi connectivity index (χ2v) is 6.89. The second kappa shape index (κ2) is 8.28. The maximum atomic E-state index is 14.9. The van der Waals surface area contributed by atoms with Crippen molar-refractivity contribution in [3.05, 3.63) is 95.2 Å². The quantitative estimate of drug-likeness (QED) is 0.414. The molecule has 3 aromatic carbocycles. The maximum Gasteiger partial charge on any atom is 0.191 e. The van der Waals surface area contributed by atoms with E-state index < -0.39 is 29.0 Å². The Labute approximate surface area is 176 Å². The van der Waals surface area contributed by atoms with Crippen LogP contribution in [-0.4, -0.2) is 17.9 Å². The highest BCUT2D eigenvalue weighted by Gasteiger charge is 2.30. The van der Waals surface area contributed by atoms with Gasteiger partial charge < -0.3 is 15.0 Å². The minimum absolute atomic E-state index is 0.168. The number of fused-ring (bicyclic) bond motifs is 1. The number of Topliss-reactive ketones (excluding diaryl/α,β-unsaturated/α-hetero) is 1. The minimum atomic E-state index is -1.38. The van der Waals surface area contributed by atoms with E-state index >= 15 is 0 Å². The molecule has 0 saturated heterocycles. The fourth-order valence-corrected chi connectivity index (χ4v) is 3.50. The smallest absolute Gasteiger partial charge is 0.191 e. The van der Waals surface area contributed by atoms with Gasteiger partial charge in [0.2, 0.25) is 0 Å². The van der Waals surface area contributed by atoms with Crippen LogP contribution >= 0.6 is 0 Å². The zero-order valence-corrected chi connectivity index (χ0v) is 16.4. The fourth-order valence-electron chi connectivity index (χ4n) is 3.50. The molecule has 0 radical (unpaired) electrons. The second-order valence-electron chi connectivity index (χ2n) is 6.89. The number of methoxy groups -OCH3 is 1. The number of anilines is 1. The summed E-state index contributed by atoms with van der Waals surface area (Å²) in [6, 6.07) is 16.0. The summed E-state index contributed by atoms with van der Waals surface area (Å²) in [6.45, 7) is 0. The summed E-state index contributed by atoms with van der Waals surface area (Å²) in [5, 5.41) is 12.6. The Bertz CT molecular complexity index is 1300. The molecule has 0 bridgehead atoms. The molecule has 4 rings (SSSR count). The number of benzene rings is 3. The van der Waals surface area contributed by atoms with E-state index in [2.05, 4.69) is 10.3 Å². The van der Waals surface area contributed by atoms with E-state index in [4.69, 9.17) is 10.00 Å².